The molecule has 4 N–H and O–H groups in total. The van der Waals surface area contributed by atoms with Crippen molar-refractivity contribution < 1.29 is 14.4 Å². The third kappa shape index (κ3) is 4.33. The van der Waals surface area contributed by atoms with Crippen molar-refractivity contribution in [1.29, 1.82) is 0 Å². The molecular formula is C11H20N4O3. The molecule has 0 radical (unpaired) electrons. The molecule has 0 spiro atoms. The first-order chi connectivity index (χ1) is 8.54. The minimum atomic E-state index is -0.528. The van der Waals surface area contributed by atoms with Gasteiger partial charge in [-0.1, -0.05) is 13.3 Å². The van der Waals surface area contributed by atoms with E-state index in [4.69, 9.17) is 5.73 Å². The molecular weight excluding hydrogens is 236 g/mol. The van der Waals surface area contributed by atoms with E-state index in [1.54, 1.807) is 0 Å². The average Bonchev–Trinajstić information content (AvgIpc) is 2.34. The quantitative estimate of drug-likeness (QED) is 0.521. The van der Waals surface area contributed by atoms with Crippen LogP contribution in [0.2, 0.25) is 0 Å². The fourth-order valence-electron chi connectivity index (χ4n) is 1.77. The molecule has 102 valence electrons. The van der Waals surface area contributed by atoms with Crippen LogP contribution in [0.3, 0.4) is 0 Å². The monoisotopic (exact) mass is 256 g/mol. The number of carbonyl (C=O) groups excluding carboxylic acids is 3. The normalized spacial score (nSPS) is 19.2. The van der Waals surface area contributed by atoms with Gasteiger partial charge in [-0.2, -0.15) is 0 Å². The minimum absolute atomic E-state index is 0.0784. The van der Waals surface area contributed by atoms with Crippen LogP contribution >= 0.6 is 0 Å². The highest BCUT2D eigenvalue weighted by molar-refractivity contribution is 5.89. The van der Waals surface area contributed by atoms with Crippen LogP contribution in [0.5, 0.6) is 0 Å². The summed E-state index contributed by atoms with van der Waals surface area (Å²) in [6.07, 6.45) is 1.75. The summed E-state index contributed by atoms with van der Waals surface area (Å²) in [5.74, 6) is -0.851. The highest BCUT2D eigenvalue weighted by Gasteiger charge is 2.28. The number of primary amides is 1. The number of hydrogen-bond acceptors (Lipinski definition) is 4. The molecule has 0 aromatic rings. The number of nitrogens with two attached hydrogens (primary N) is 1. The van der Waals surface area contributed by atoms with Crippen LogP contribution in [0, 0.1) is 0 Å². The summed E-state index contributed by atoms with van der Waals surface area (Å²) < 4.78 is 0. The lowest BCUT2D eigenvalue weighted by Crippen LogP contribution is -2.59. The summed E-state index contributed by atoms with van der Waals surface area (Å²) in [7, 11) is 0. The van der Waals surface area contributed by atoms with Gasteiger partial charge in [0.2, 0.25) is 17.7 Å². The van der Waals surface area contributed by atoms with Gasteiger partial charge in [-0.3, -0.25) is 19.7 Å². The number of nitrogens with zero attached hydrogens (tertiary/aromatic N) is 1. The molecule has 1 rings (SSSR count). The standard InChI is InChI=1S/C11H20N4O3/c1-2-3-4-15(7-9(12)16)11(18)8-5-14-10(17)6-13-8/h8,13H,2-7H2,1H3,(H2,12,16)(H,14,17). The maximum absolute atomic E-state index is 12.2. The van der Waals surface area contributed by atoms with Gasteiger partial charge in [-0.15, -0.1) is 0 Å². The third-order valence-corrected chi connectivity index (χ3v) is 2.75. The van der Waals surface area contributed by atoms with Gasteiger partial charge in [0.1, 0.15) is 6.04 Å². The van der Waals surface area contributed by atoms with Crippen molar-refractivity contribution in [3.63, 3.8) is 0 Å². The second-order valence-corrected chi connectivity index (χ2v) is 4.32. The molecule has 0 saturated carbocycles. The van der Waals surface area contributed by atoms with Gasteiger partial charge in [0, 0.05) is 13.1 Å². The summed E-state index contributed by atoms with van der Waals surface area (Å²) in [5.41, 5.74) is 5.13. The zero-order valence-electron chi connectivity index (χ0n) is 10.6. The maximum Gasteiger partial charge on any atom is 0.242 e. The first kappa shape index (κ1) is 14.4. The van der Waals surface area contributed by atoms with E-state index < -0.39 is 11.9 Å². The van der Waals surface area contributed by atoms with Crippen LogP contribution in [-0.2, 0) is 14.4 Å². The lowest BCUT2D eigenvalue weighted by atomic mass is 10.2. The zero-order chi connectivity index (χ0) is 13.5. The van der Waals surface area contributed by atoms with E-state index >= 15 is 0 Å². The summed E-state index contributed by atoms with van der Waals surface area (Å²) in [5, 5.41) is 5.46. The molecule has 1 aliphatic heterocycles. The van der Waals surface area contributed by atoms with Crippen molar-refractivity contribution >= 4 is 17.7 Å². The first-order valence-electron chi connectivity index (χ1n) is 6.11. The molecule has 1 heterocycles. The predicted molar refractivity (Wildman–Crippen MR) is 65.5 cm³/mol. The van der Waals surface area contributed by atoms with Crippen LogP contribution in [0.4, 0.5) is 0 Å². The second kappa shape index (κ2) is 6.95. The van der Waals surface area contributed by atoms with Gasteiger partial charge >= 0.3 is 0 Å². The van der Waals surface area contributed by atoms with E-state index in [2.05, 4.69) is 10.6 Å². The van der Waals surface area contributed by atoms with Gasteiger partial charge in [-0.05, 0) is 6.42 Å². The Morgan fingerprint density at radius 3 is 2.72 bits per heavy atom. The van der Waals surface area contributed by atoms with Crippen LogP contribution in [-0.4, -0.2) is 54.8 Å². The van der Waals surface area contributed by atoms with Crippen molar-refractivity contribution in [3.8, 4) is 0 Å². The Hall–Kier alpha value is -1.63. The van der Waals surface area contributed by atoms with Crippen molar-refractivity contribution in [3.05, 3.63) is 0 Å². The SMILES string of the molecule is CCCCN(CC(N)=O)C(=O)C1CNC(=O)CN1. The molecule has 1 unspecified atom stereocenters. The number of unbranched alkanes of at least 4 members (excludes halogenated alkanes) is 1. The van der Waals surface area contributed by atoms with E-state index in [1.807, 2.05) is 6.92 Å². The van der Waals surface area contributed by atoms with E-state index in [9.17, 15) is 14.4 Å². The second-order valence-electron chi connectivity index (χ2n) is 4.32. The summed E-state index contributed by atoms with van der Waals surface area (Å²) in [4.78, 5) is 35.5. The number of rotatable bonds is 6. The molecule has 1 saturated heterocycles. The molecule has 1 atom stereocenters. The number of amides is 3. The lowest BCUT2D eigenvalue weighted by Gasteiger charge is -2.29. The van der Waals surface area contributed by atoms with Crippen molar-refractivity contribution in [1.82, 2.24) is 15.5 Å². The number of hydrogen-bond donors (Lipinski definition) is 3. The summed E-state index contributed by atoms with van der Waals surface area (Å²) in [6.45, 7) is 2.80. The smallest absolute Gasteiger partial charge is 0.242 e. The highest BCUT2D eigenvalue weighted by atomic mass is 16.2. The summed E-state index contributed by atoms with van der Waals surface area (Å²) in [6, 6.07) is -0.473. The Morgan fingerprint density at radius 2 is 2.22 bits per heavy atom. The number of nitrogens with one attached hydrogen (secondary N) is 2. The molecule has 1 fully saturated rings. The fraction of sp³-hybridized carbons (Fsp3) is 0.727. The molecule has 0 aromatic heterocycles. The molecule has 0 aliphatic carbocycles. The minimum Gasteiger partial charge on any atom is -0.368 e. The van der Waals surface area contributed by atoms with Gasteiger partial charge in [0.15, 0.2) is 0 Å². The topological polar surface area (TPSA) is 105 Å². The van der Waals surface area contributed by atoms with Crippen molar-refractivity contribution in [2.45, 2.75) is 25.8 Å². The Balaban J connectivity index is 2.56. The maximum atomic E-state index is 12.2. The zero-order valence-corrected chi connectivity index (χ0v) is 10.6. The summed E-state index contributed by atoms with van der Waals surface area (Å²) >= 11 is 0. The fourth-order valence-corrected chi connectivity index (χ4v) is 1.77. The van der Waals surface area contributed by atoms with Crippen LogP contribution < -0.4 is 16.4 Å². The van der Waals surface area contributed by atoms with Crippen LogP contribution in [0.1, 0.15) is 19.8 Å². The predicted octanol–water partition coefficient (Wildman–Crippen LogP) is -1.81. The third-order valence-electron chi connectivity index (χ3n) is 2.75. The lowest BCUT2D eigenvalue weighted by molar-refractivity contribution is -0.138. The van der Waals surface area contributed by atoms with Gasteiger partial charge < -0.3 is 16.0 Å². The Labute approximate surface area is 106 Å². The first-order valence-corrected chi connectivity index (χ1v) is 6.11. The molecule has 7 nitrogen and oxygen atoms in total. The molecule has 1 aliphatic rings. The Morgan fingerprint density at radius 1 is 1.50 bits per heavy atom. The van der Waals surface area contributed by atoms with Crippen molar-refractivity contribution in [2.75, 3.05) is 26.2 Å². The molecule has 7 heteroatoms. The number of piperazine rings is 1. The van der Waals surface area contributed by atoms with Crippen LogP contribution in [0.25, 0.3) is 0 Å². The largest absolute Gasteiger partial charge is 0.368 e. The van der Waals surface area contributed by atoms with E-state index in [0.29, 0.717) is 6.54 Å². The van der Waals surface area contributed by atoms with Gasteiger partial charge in [0.25, 0.3) is 0 Å². The Kier molecular flexibility index (Phi) is 5.57. The molecule has 0 bridgehead atoms. The van der Waals surface area contributed by atoms with E-state index in [-0.39, 0.29) is 31.4 Å². The Bertz CT molecular complexity index is 322. The molecule has 0 aromatic carbocycles. The van der Waals surface area contributed by atoms with Gasteiger partial charge in [0.05, 0.1) is 13.1 Å². The molecule has 18 heavy (non-hydrogen) atoms. The van der Waals surface area contributed by atoms with Crippen LogP contribution in [0.15, 0.2) is 0 Å². The average molecular weight is 256 g/mol. The van der Waals surface area contributed by atoms with E-state index in [1.165, 1.54) is 4.90 Å². The highest BCUT2D eigenvalue weighted by Crippen LogP contribution is 2.01. The van der Waals surface area contributed by atoms with E-state index in [0.717, 1.165) is 12.8 Å². The molecule has 3 amide bonds. The van der Waals surface area contributed by atoms with Gasteiger partial charge in [-0.25, -0.2) is 0 Å². The van der Waals surface area contributed by atoms with Crippen molar-refractivity contribution in [2.24, 2.45) is 5.73 Å². The number of carbonyl (C=O) groups is 3.